The van der Waals surface area contributed by atoms with E-state index in [0.717, 1.165) is 21.2 Å². The molecule has 0 radical (unpaired) electrons. The number of non-ortho nitro benzene ring substituents is 1. The number of nitriles is 1. The lowest BCUT2D eigenvalue weighted by atomic mass is 10.0. The van der Waals surface area contributed by atoms with Crippen LogP contribution in [0.3, 0.4) is 0 Å². The molecule has 4 rings (SSSR count). The Morgan fingerprint density at radius 2 is 1.90 bits per heavy atom. The van der Waals surface area contributed by atoms with E-state index in [0.29, 0.717) is 22.8 Å². The van der Waals surface area contributed by atoms with Crippen molar-refractivity contribution in [3.63, 3.8) is 0 Å². The lowest BCUT2D eigenvalue weighted by Gasteiger charge is -2.09. The molecular formula is C23H15BrN2O5. The van der Waals surface area contributed by atoms with Crippen molar-refractivity contribution in [2.45, 2.75) is 6.61 Å². The van der Waals surface area contributed by atoms with E-state index in [4.69, 9.17) is 14.2 Å². The zero-order valence-corrected chi connectivity index (χ0v) is 17.7. The average Bonchev–Trinajstić information content (AvgIpc) is 3.25. The molecule has 3 aromatic carbocycles. The Bertz CT molecular complexity index is 1220. The molecule has 0 unspecified atom stereocenters. The van der Waals surface area contributed by atoms with Crippen molar-refractivity contribution in [2.75, 3.05) is 6.79 Å². The number of benzene rings is 3. The number of hydrogen-bond acceptors (Lipinski definition) is 6. The molecule has 7 nitrogen and oxygen atoms in total. The van der Waals surface area contributed by atoms with Gasteiger partial charge in [-0.2, -0.15) is 5.26 Å². The summed E-state index contributed by atoms with van der Waals surface area (Å²) in [6, 6.07) is 19.3. The lowest BCUT2D eigenvalue weighted by Crippen LogP contribution is -1.97. The monoisotopic (exact) mass is 478 g/mol. The van der Waals surface area contributed by atoms with Gasteiger partial charge in [-0.3, -0.25) is 10.1 Å². The van der Waals surface area contributed by atoms with Crippen LogP contribution < -0.4 is 14.2 Å². The van der Waals surface area contributed by atoms with Gasteiger partial charge in [0.05, 0.1) is 21.0 Å². The molecule has 0 amide bonds. The van der Waals surface area contributed by atoms with Gasteiger partial charge in [0.1, 0.15) is 12.4 Å². The van der Waals surface area contributed by atoms with Crippen LogP contribution in [0.4, 0.5) is 5.69 Å². The van der Waals surface area contributed by atoms with E-state index in [1.54, 1.807) is 36.4 Å². The minimum absolute atomic E-state index is 0.0387. The molecule has 31 heavy (non-hydrogen) atoms. The molecule has 154 valence electrons. The summed E-state index contributed by atoms with van der Waals surface area (Å²) in [6.07, 6.45) is 1.78. The predicted molar refractivity (Wildman–Crippen MR) is 118 cm³/mol. The number of hydrogen-bond donors (Lipinski definition) is 0. The normalized spacial score (nSPS) is 12.3. The van der Waals surface area contributed by atoms with Crippen LogP contribution in [-0.4, -0.2) is 11.7 Å². The molecule has 0 saturated heterocycles. The highest BCUT2D eigenvalue weighted by Gasteiger charge is 2.15. The Hall–Kier alpha value is -3.83. The standard InChI is InChI=1S/C23H15BrN2O5/c24-20-10-16(9-18(12-25)17-4-8-22-23(11-17)31-14-30-22)3-7-21(20)29-13-15-1-5-19(6-2-15)26(27)28/h1-11H,13-14H2/b18-9-. The van der Waals surface area contributed by atoms with Gasteiger partial charge < -0.3 is 14.2 Å². The van der Waals surface area contributed by atoms with Gasteiger partial charge in [-0.15, -0.1) is 0 Å². The fraction of sp³-hybridized carbons (Fsp3) is 0.0870. The third-order valence-corrected chi connectivity index (χ3v) is 5.23. The van der Waals surface area contributed by atoms with E-state index < -0.39 is 4.92 Å². The minimum atomic E-state index is -0.438. The van der Waals surface area contributed by atoms with Crippen LogP contribution in [0, 0.1) is 21.4 Å². The van der Waals surface area contributed by atoms with Crippen LogP contribution in [0.15, 0.2) is 65.1 Å². The third-order valence-electron chi connectivity index (χ3n) is 4.61. The van der Waals surface area contributed by atoms with Crippen LogP contribution >= 0.6 is 15.9 Å². The molecule has 0 saturated carbocycles. The van der Waals surface area contributed by atoms with E-state index in [9.17, 15) is 15.4 Å². The Balaban J connectivity index is 1.48. The van der Waals surface area contributed by atoms with Gasteiger partial charge in [-0.05, 0) is 81.2 Å². The molecule has 0 aliphatic carbocycles. The van der Waals surface area contributed by atoms with Gasteiger partial charge in [0.15, 0.2) is 11.5 Å². The molecule has 0 bridgehead atoms. The molecule has 1 heterocycles. The summed E-state index contributed by atoms with van der Waals surface area (Å²) in [5.74, 6) is 1.91. The first-order valence-corrected chi connectivity index (χ1v) is 10.0. The maximum atomic E-state index is 10.7. The van der Waals surface area contributed by atoms with Gasteiger partial charge >= 0.3 is 0 Å². The maximum Gasteiger partial charge on any atom is 0.269 e. The summed E-state index contributed by atoms with van der Waals surface area (Å²) in [4.78, 5) is 10.3. The highest BCUT2D eigenvalue weighted by atomic mass is 79.9. The molecule has 0 N–H and O–H groups in total. The second kappa shape index (κ2) is 8.90. The molecule has 0 aromatic heterocycles. The summed E-state index contributed by atoms with van der Waals surface area (Å²) in [7, 11) is 0. The molecule has 1 aliphatic rings. The molecule has 0 atom stereocenters. The van der Waals surface area contributed by atoms with Gasteiger partial charge in [-0.25, -0.2) is 0 Å². The number of fused-ring (bicyclic) bond motifs is 1. The van der Waals surface area contributed by atoms with Crippen molar-refractivity contribution in [1.29, 1.82) is 5.26 Å². The highest BCUT2D eigenvalue weighted by Crippen LogP contribution is 2.35. The summed E-state index contributed by atoms with van der Waals surface area (Å²) in [5, 5.41) is 20.3. The summed E-state index contributed by atoms with van der Waals surface area (Å²) >= 11 is 3.50. The summed E-state index contributed by atoms with van der Waals surface area (Å²) in [5.41, 5.74) is 2.91. The number of halogens is 1. The maximum absolute atomic E-state index is 10.7. The van der Waals surface area contributed by atoms with Crippen LogP contribution in [0.1, 0.15) is 16.7 Å². The predicted octanol–water partition coefficient (Wildman–Crippen LogP) is 5.73. The first-order chi connectivity index (χ1) is 15.0. The van der Waals surface area contributed by atoms with Crippen molar-refractivity contribution in [2.24, 2.45) is 0 Å². The smallest absolute Gasteiger partial charge is 0.269 e. The SMILES string of the molecule is N#C/C(=C/c1ccc(OCc2ccc([N+](=O)[O-])cc2)c(Br)c1)c1ccc2c(c1)OCO2. The van der Waals surface area contributed by atoms with Crippen molar-refractivity contribution in [3.8, 4) is 23.3 Å². The number of nitro benzene ring substituents is 1. The molecule has 3 aromatic rings. The second-order valence-corrected chi connectivity index (χ2v) is 7.49. The fourth-order valence-electron chi connectivity index (χ4n) is 3.01. The van der Waals surface area contributed by atoms with Gasteiger partial charge in [0.2, 0.25) is 6.79 Å². The number of allylic oxidation sites excluding steroid dienone is 1. The van der Waals surface area contributed by atoms with Crippen molar-refractivity contribution >= 4 is 33.3 Å². The zero-order chi connectivity index (χ0) is 21.8. The third kappa shape index (κ3) is 4.68. The molecule has 8 heteroatoms. The second-order valence-electron chi connectivity index (χ2n) is 6.64. The molecular weight excluding hydrogens is 464 g/mol. The van der Waals surface area contributed by atoms with E-state index in [1.165, 1.54) is 12.1 Å². The minimum Gasteiger partial charge on any atom is -0.488 e. The van der Waals surface area contributed by atoms with Crippen molar-refractivity contribution < 1.29 is 19.1 Å². The Morgan fingerprint density at radius 1 is 1.13 bits per heavy atom. The zero-order valence-electron chi connectivity index (χ0n) is 16.1. The van der Waals surface area contributed by atoms with Gasteiger partial charge in [0.25, 0.3) is 5.69 Å². The van der Waals surface area contributed by atoms with Gasteiger partial charge in [0, 0.05) is 12.1 Å². The fourth-order valence-corrected chi connectivity index (χ4v) is 3.52. The van der Waals surface area contributed by atoms with E-state index in [1.807, 2.05) is 18.2 Å². The molecule has 0 fully saturated rings. The quantitative estimate of drug-likeness (QED) is 0.194. The number of rotatable bonds is 6. The van der Waals surface area contributed by atoms with Crippen molar-refractivity contribution in [3.05, 3.63) is 91.9 Å². The topological polar surface area (TPSA) is 94.6 Å². The molecule has 1 aliphatic heterocycles. The number of ether oxygens (including phenoxy) is 3. The average molecular weight is 479 g/mol. The van der Waals surface area contributed by atoms with Crippen LogP contribution in [0.5, 0.6) is 17.2 Å². The molecule has 0 spiro atoms. The number of nitrogens with zero attached hydrogens (tertiary/aromatic N) is 2. The summed E-state index contributed by atoms with van der Waals surface area (Å²) in [6.45, 7) is 0.449. The first kappa shape index (κ1) is 20.4. The lowest BCUT2D eigenvalue weighted by molar-refractivity contribution is -0.384. The van der Waals surface area contributed by atoms with E-state index in [2.05, 4.69) is 22.0 Å². The first-order valence-electron chi connectivity index (χ1n) is 9.21. The van der Waals surface area contributed by atoms with Crippen LogP contribution in [-0.2, 0) is 6.61 Å². The largest absolute Gasteiger partial charge is 0.488 e. The van der Waals surface area contributed by atoms with Gasteiger partial charge in [-0.1, -0.05) is 6.07 Å². The van der Waals surface area contributed by atoms with Crippen LogP contribution in [0.25, 0.3) is 11.6 Å². The van der Waals surface area contributed by atoms with E-state index >= 15 is 0 Å². The number of nitro groups is 1. The Morgan fingerprint density at radius 3 is 2.61 bits per heavy atom. The Labute approximate surface area is 186 Å². The van der Waals surface area contributed by atoms with E-state index in [-0.39, 0.29) is 19.1 Å². The highest BCUT2D eigenvalue weighted by molar-refractivity contribution is 9.10. The van der Waals surface area contributed by atoms with Crippen LogP contribution in [0.2, 0.25) is 0 Å². The van der Waals surface area contributed by atoms with Crippen molar-refractivity contribution in [1.82, 2.24) is 0 Å². The Kier molecular flexibility index (Phi) is 5.87. The summed E-state index contributed by atoms with van der Waals surface area (Å²) < 4.78 is 17.2.